The Labute approximate surface area is 138 Å². The molecule has 0 bridgehead atoms. The van der Waals surface area contributed by atoms with Crippen molar-refractivity contribution in [3.8, 4) is 5.75 Å². The van der Waals surface area contributed by atoms with Gasteiger partial charge in [0.1, 0.15) is 6.04 Å². The first-order chi connectivity index (χ1) is 11.4. The van der Waals surface area contributed by atoms with Gasteiger partial charge in [0.15, 0.2) is 5.75 Å². The monoisotopic (exact) mass is 331 g/mol. The van der Waals surface area contributed by atoms with Crippen LogP contribution < -0.4 is 15.4 Å². The van der Waals surface area contributed by atoms with E-state index in [1.165, 1.54) is 18.9 Å². The van der Waals surface area contributed by atoms with Crippen LogP contribution in [0.1, 0.15) is 35.7 Å². The van der Waals surface area contributed by atoms with Crippen LogP contribution in [0.2, 0.25) is 0 Å². The Balaban J connectivity index is 1.94. The first-order valence-corrected chi connectivity index (χ1v) is 7.54. The standard InChI is InChI=1S/C16H17N3O5/c1-8(20)17-10-4-3-9-7-19(16(23)13(9)14(10)24-2)11-5-6-12(21)18-15(11)22/h3-4,11H,5-7H2,1-2H3,(H,17,20)(H,18,21,22). The number of fused-ring (bicyclic) bond motifs is 1. The number of carbonyl (C=O) groups excluding carboxylic acids is 4. The highest BCUT2D eigenvalue weighted by molar-refractivity contribution is 6.08. The molecule has 2 aliphatic heterocycles. The van der Waals surface area contributed by atoms with Crippen molar-refractivity contribution in [2.45, 2.75) is 32.4 Å². The van der Waals surface area contributed by atoms with Gasteiger partial charge < -0.3 is 15.0 Å². The highest BCUT2D eigenvalue weighted by Crippen LogP contribution is 2.38. The number of hydrogen-bond donors (Lipinski definition) is 2. The summed E-state index contributed by atoms with van der Waals surface area (Å²) in [5.41, 5.74) is 1.46. The lowest BCUT2D eigenvalue weighted by Crippen LogP contribution is -2.52. The van der Waals surface area contributed by atoms with E-state index in [4.69, 9.17) is 4.74 Å². The molecular weight excluding hydrogens is 314 g/mol. The molecule has 4 amide bonds. The van der Waals surface area contributed by atoms with Crippen molar-refractivity contribution in [3.63, 3.8) is 0 Å². The number of nitrogens with zero attached hydrogens (tertiary/aromatic N) is 1. The molecule has 1 aromatic carbocycles. The van der Waals surface area contributed by atoms with E-state index in [2.05, 4.69) is 10.6 Å². The quantitative estimate of drug-likeness (QED) is 0.781. The fraction of sp³-hybridized carbons (Fsp3) is 0.375. The molecule has 1 saturated heterocycles. The lowest BCUT2D eigenvalue weighted by atomic mass is 10.0. The normalized spacial score (nSPS) is 19.8. The summed E-state index contributed by atoms with van der Waals surface area (Å²) in [6.45, 7) is 1.63. The predicted molar refractivity (Wildman–Crippen MR) is 83.3 cm³/mol. The Morgan fingerprint density at radius 1 is 1.33 bits per heavy atom. The zero-order valence-corrected chi connectivity index (χ0v) is 13.3. The highest BCUT2D eigenvalue weighted by atomic mass is 16.5. The second-order valence-corrected chi connectivity index (χ2v) is 5.76. The maximum Gasteiger partial charge on any atom is 0.259 e. The van der Waals surface area contributed by atoms with Crippen molar-refractivity contribution < 1.29 is 23.9 Å². The Morgan fingerprint density at radius 3 is 2.71 bits per heavy atom. The molecule has 0 radical (unpaired) electrons. The minimum Gasteiger partial charge on any atom is -0.494 e. The van der Waals surface area contributed by atoms with Crippen LogP contribution in [0.3, 0.4) is 0 Å². The molecule has 0 saturated carbocycles. The van der Waals surface area contributed by atoms with Crippen molar-refractivity contribution in [3.05, 3.63) is 23.3 Å². The van der Waals surface area contributed by atoms with Gasteiger partial charge in [-0.15, -0.1) is 0 Å². The average Bonchev–Trinajstić information content (AvgIpc) is 2.84. The van der Waals surface area contributed by atoms with Gasteiger partial charge in [-0.05, 0) is 18.1 Å². The number of carbonyl (C=O) groups is 4. The largest absolute Gasteiger partial charge is 0.494 e. The average molecular weight is 331 g/mol. The summed E-state index contributed by atoms with van der Waals surface area (Å²) in [4.78, 5) is 48.9. The van der Waals surface area contributed by atoms with Gasteiger partial charge in [0.05, 0.1) is 18.4 Å². The van der Waals surface area contributed by atoms with Gasteiger partial charge in [-0.25, -0.2) is 0 Å². The number of anilines is 1. The zero-order valence-electron chi connectivity index (χ0n) is 13.3. The predicted octanol–water partition coefficient (Wildman–Crippen LogP) is 0.415. The molecule has 1 atom stereocenters. The van der Waals surface area contributed by atoms with Crippen LogP contribution in [0.25, 0.3) is 0 Å². The van der Waals surface area contributed by atoms with Gasteiger partial charge in [-0.1, -0.05) is 6.07 Å². The van der Waals surface area contributed by atoms with Crippen molar-refractivity contribution in [1.29, 1.82) is 0 Å². The van der Waals surface area contributed by atoms with E-state index in [1.54, 1.807) is 12.1 Å². The van der Waals surface area contributed by atoms with Gasteiger partial charge in [0.2, 0.25) is 17.7 Å². The van der Waals surface area contributed by atoms with Crippen LogP contribution in [0.5, 0.6) is 5.75 Å². The van der Waals surface area contributed by atoms with Crippen molar-refractivity contribution in [2.75, 3.05) is 12.4 Å². The van der Waals surface area contributed by atoms with Crippen LogP contribution in [0.15, 0.2) is 12.1 Å². The number of rotatable bonds is 3. The van der Waals surface area contributed by atoms with E-state index in [0.717, 1.165) is 5.56 Å². The van der Waals surface area contributed by atoms with E-state index in [1.807, 2.05) is 0 Å². The van der Waals surface area contributed by atoms with Crippen molar-refractivity contribution in [1.82, 2.24) is 10.2 Å². The van der Waals surface area contributed by atoms with Gasteiger partial charge in [-0.2, -0.15) is 0 Å². The van der Waals surface area contributed by atoms with Crippen LogP contribution in [0.4, 0.5) is 5.69 Å². The van der Waals surface area contributed by atoms with Crippen LogP contribution >= 0.6 is 0 Å². The molecule has 1 fully saturated rings. The second-order valence-electron chi connectivity index (χ2n) is 5.76. The molecule has 1 unspecified atom stereocenters. The lowest BCUT2D eigenvalue weighted by Gasteiger charge is -2.29. The van der Waals surface area contributed by atoms with Crippen LogP contribution in [0, 0.1) is 0 Å². The fourth-order valence-corrected chi connectivity index (χ4v) is 3.12. The van der Waals surface area contributed by atoms with Gasteiger partial charge in [-0.3, -0.25) is 24.5 Å². The molecule has 2 heterocycles. The Hall–Kier alpha value is -2.90. The molecule has 2 N–H and O–H groups in total. The Bertz CT molecular complexity index is 758. The number of hydrogen-bond acceptors (Lipinski definition) is 5. The molecule has 3 rings (SSSR count). The third-order valence-corrected chi connectivity index (χ3v) is 4.16. The van der Waals surface area contributed by atoms with E-state index in [0.29, 0.717) is 17.7 Å². The SMILES string of the molecule is COc1c(NC(C)=O)ccc2c1C(=O)N(C1CCC(=O)NC1=O)C2. The molecule has 1 aromatic rings. The number of piperidine rings is 1. The van der Waals surface area contributed by atoms with Crippen LogP contribution in [-0.4, -0.2) is 41.7 Å². The van der Waals surface area contributed by atoms with E-state index in [-0.39, 0.29) is 36.4 Å². The number of ether oxygens (including phenoxy) is 1. The molecule has 8 heteroatoms. The number of imide groups is 1. The minimum absolute atomic E-state index is 0.199. The maximum absolute atomic E-state index is 12.8. The summed E-state index contributed by atoms with van der Waals surface area (Å²) in [5.74, 6) is -1.13. The van der Waals surface area contributed by atoms with E-state index < -0.39 is 11.9 Å². The topological polar surface area (TPSA) is 105 Å². The zero-order chi connectivity index (χ0) is 17.4. The van der Waals surface area contributed by atoms with E-state index >= 15 is 0 Å². The van der Waals surface area contributed by atoms with E-state index in [9.17, 15) is 19.2 Å². The van der Waals surface area contributed by atoms with Crippen LogP contribution in [-0.2, 0) is 20.9 Å². The summed E-state index contributed by atoms with van der Waals surface area (Å²) >= 11 is 0. The molecule has 0 spiro atoms. The molecule has 0 aliphatic carbocycles. The molecule has 0 aromatic heterocycles. The summed E-state index contributed by atoms with van der Waals surface area (Å²) < 4.78 is 5.32. The lowest BCUT2D eigenvalue weighted by molar-refractivity contribution is -0.137. The summed E-state index contributed by atoms with van der Waals surface area (Å²) in [6.07, 6.45) is 0.496. The minimum atomic E-state index is -0.684. The molecule has 126 valence electrons. The van der Waals surface area contributed by atoms with Gasteiger partial charge in [0, 0.05) is 19.9 Å². The summed E-state index contributed by atoms with van der Waals surface area (Å²) in [7, 11) is 1.42. The molecule has 24 heavy (non-hydrogen) atoms. The summed E-state index contributed by atoms with van der Waals surface area (Å²) in [5, 5.41) is 4.88. The van der Waals surface area contributed by atoms with Gasteiger partial charge in [0.25, 0.3) is 5.91 Å². The first kappa shape index (κ1) is 16.0. The molecular formula is C16H17N3O5. The van der Waals surface area contributed by atoms with Crippen molar-refractivity contribution >= 4 is 29.3 Å². The third kappa shape index (κ3) is 2.60. The second kappa shape index (κ2) is 5.95. The van der Waals surface area contributed by atoms with Gasteiger partial charge >= 0.3 is 0 Å². The highest BCUT2D eigenvalue weighted by Gasteiger charge is 2.41. The number of methoxy groups -OCH3 is 1. The Kier molecular flexibility index (Phi) is 3.96. The van der Waals surface area contributed by atoms with Crippen molar-refractivity contribution in [2.24, 2.45) is 0 Å². The summed E-state index contributed by atoms with van der Waals surface area (Å²) in [6, 6.07) is 2.71. The Morgan fingerprint density at radius 2 is 2.08 bits per heavy atom. The maximum atomic E-state index is 12.8. The first-order valence-electron chi connectivity index (χ1n) is 7.54. The fourth-order valence-electron chi connectivity index (χ4n) is 3.12. The third-order valence-electron chi connectivity index (χ3n) is 4.16. The number of benzene rings is 1. The smallest absolute Gasteiger partial charge is 0.259 e. The number of amides is 4. The molecule has 8 nitrogen and oxygen atoms in total. The molecule has 2 aliphatic rings. The number of nitrogens with one attached hydrogen (secondary N) is 2.